The van der Waals surface area contributed by atoms with Crippen molar-refractivity contribution in [2.75, 3.05) is 0 Å². The predicted octanol–water partition coefficient (Wildman–Crippen LogP) is 2.16. The molecule has 23 heavy (non-hydrogen) atoms. The number of hydrogen-bond donors (Lipinski definition) is 1. The number of furan rings is 1. The maximum absolute atomic E-state index is 12.7. The number of rotatable bonds is 5. The average Bonchev–Trinajstić information content (AvgIpc) is 3.46. The normalized spacial score (nSPS) is 26.5. The number of carbonyl (C=O) groups is 2. The van der Waals surface area contributed by atoms with E-state index < -0.39 is 0 Å². The van der Waals surface area contributed by atoms with Gasteiger partial charge in [-0.3, -0.25) is 9.59 Å². The fourth-order valence-electron chi connectivity index (χ4n) is 3.11. The van der Waals surface area contributed by atoms with Gasteiger partial charge in [0.05, 0.1) is 6.54 Å². The lowest BCUT2D eigenvalue weighted by molar-refractivity contribution is -0.126. The average molecular weight is 315 g/mol. The molecule has 0 unspecified atom stereocenters. The molecule has 0 bridgehead atoms. The standard InChI is InChI=1S/C17H21N3O3/c1-10-8-13(10)15-6-4-12(23-15)9-20(11-2-3-11)17(22)14-5-7-16(21)19-18-14/h4,6,10-11,13H,2-3,5,7-9H2,1H3,(H,19,21)/t10-,13+/m1/s1. The fourth-order valence-corrected chi connectivity index (χ4v) is 3.11. The lowest BCUT2D eigenvalue weighted by Crippen LogP contribution is -2.41. The van der Waals surface area contributed by atoms with Gasteiger partial charge < -0.3 is 9.32 Å². The zero-order valence-electron chi connectivity index (χ0n) is 13.2. The summed E-state index contributed by atoms with van der Waals surface area (Å²) in [6.45, 7) is 2.71. The van der Waals surface area contributed by atoms with Gasteiger partial charge in [0, 0.05) is 24.8 Å². The van der Waals surface area contributed by atoms with E-state index in [2.05, 4.69) is 17.5 Å². The van der Waals surface area contributed by atoms with Gasteiger partial charge in [-0.2, -0.15) is 5.10 Å². The smallest absolute Gasteiger partial charge is 0.270 e. The molecule has 0 saturated heterocycles. The van der Waals surface area contributed by atoms with Crippen LogP contribution in [0.3, 0.4) is 0 Å². The summed E-state index contributed by atoms with van der Waals surface area (Å²) in [5.74, 6) is 2.92. The second kappa shape index (κ2) is 5.51. The molecule has 2 atom stereocenters. The highest BCUT2D eigenvalue weighted by Crippen LogP contribution is 2.47. The lowest BCUT2D eigenvalue weighted by Gasteiger charge is -2.23. The van der Waals surface area contributed by atoms with Crippen LogP contribution in [0.25, 0.3) is 0 Å². The highest BCUT2D eigenvalue weighted by Gasteiger charge is 2.38. The molecule has 6 heteroatoms. The molecule has 1 aromatic heterocycles. The number of hydrazone groups is 1. The van der Waals surface area contributed by atoms with E-state index in [1.54, 1.807) is 0 Å². The summed E-state index contributed by atoms with van der Waals surface area (Å²) in [7, 11) is 0. The molecule has 2 aliphatic carbocycles. The Bertz CT molecular complexity index is 674. The van der Waals surface area contributed by atoms with Gasteiger partial charge in [-0.15, -0.1) is 0 Å². The molecule has 122 valence electrons. The number of nitrogens with zero attached hydrogens (tertiary/aromatic N) is 2. The van der Waals surface area contributed by atoms with E-state index in [0.29, 0.717) is 36.9 Å². The van der Waals surface area contributed by atoms with Gasteiger partial charge in [0.2, 0.25) is 5.91 Å². The third-order valence-electron chi connectivity index (χ3n) is 4.88. The molecule has 6 nitrogen and oxygen atoms in total. The summed E-state index contributed by atoms with van der Waals surface area (Å²) in [6.07, 6.45) is 3.98. The van der Waals surface area contributed by atoms with E-state index in [9.17, 15) is 9.59 Å². The van der Waals surface area contributed by atoms with Crippen molar-refractivity contribution in [3.05, 3.63) is 23.7 Å². The minimum atomic E-state index is -0.131. The van der Waals surface area contributed by atoms with Crippen molar-refractivity contribution in [3.63, 3.8) is 0 Å². The monoisotopic (exact) mass is 315 g/mol. The molecule has 1 N–H and O–H groups in total. The van der Waals surface area contributed by atoms with Gasteiger partial charge in [0.1, 0.15) is 17.2 Å². The van der Waals surface area contributed by atoms with Crippen LogP contribution >= 0.6 is 0 Å². The van der Waals surface area contributed by atoms with Crippen LogP contribution in [0.4, 0.5) is 0 Å². The van der Waals surface area contributed by atoms with E-state index in [0.717, 1.165) is 24.4 Å². The van der Waals surface area contributed by atoms with E-state index in [1.807, 2.05) is 17.0 Å². The molecule has 2 heterocycles. The van der Waals surface area contributed by atoms with Crippen molar-refractivity contribution in [1.29, 1.82) is 0 Å². The van der Waals surface area contributed by atoms with E-state index in [1.165, 1.54) is 6.42 Å². The molecule has 2 fully saturated rings. The molecule has 0 radical (unpaired) electrons. The van der Waals surface area contributed by atoms with Gasteiger partial charge in [0.25, 0.3) is 5.91 Å². The zero-order valence-corrected chi connectivity index (χ0v) is 13.2. The van der Waals surface area contributed by atoms with Crippen LogP contribution in [0, 0.1) is 5.92 Å². The number of hydrogen-bond acceptors (Lipinski definition) is 4. The van der Waals surface area contributed by atoms with Crippen LogP contribution in [0.5, 0.6) is 0 Å². The Morgan fingerprint density at radius 3 is 2.78 bits per heavy atom. The third kappa shape index (κ3) is 3.02. The van der Waals surface area contributed by atoms with Crippen molar-refractivity contribution in [1.82, 2.24) is 10.3 Å². The predicted molar refractivity (Wildman–Crippen MR) is 83.6 cm³/mol. The van der Waals surface area contributed by atoms with Crippen molar-refractivity contribution >= 4 is 17.5 Å². The van der Waals surface area contributed by atoms with Crippen molar-refractivity contribution in [2.24, 2.45) is 11.0 Å². The molecule has 2 amide bonds. The molecule has 1 aliphatic heterocycles. The van der Waals surface area contributed by atoms with E-state index >= 15 is 0 Å². The maximum Gasteiger partial charge on any atom is 0.270 e. The molecule has 1 aromatic rings. The van der Waals surface area contributed by atoms with Crippen molar-refractivity contribution in [3.8, 4) is 0 Å². The Balaban J connectivity index is 1.46. The van der Waals surface area contributed by atoms with Crippen molar-refractivity contribution < 1.29 is 14.0 Å². The van der Waals surface area contributed by atoms with Gasteiger partial charge >= 0.3 is 0 Å². The summed E-state index contributed by atoms with van der Waals surface area (Å²) < 4.78 is 5.94. The van der Waals surface area contributed by atoms with Gasteiger partial charge in [-0.05, 0) is 37.3 Å². The highest BCUT2D eigenvalue weighted by molar-refractivity contribution is 6.39. The minimum Gasteiger partial charge on any atom is -0.464 e. The van der Waals surface area contributed by atoms with Crippen LogP contribution in [-0.2, 0) is 16.1 Å². The Morgan fingerprint density at radius 1 is 1.39 bits per heavy atom. The second-order valence-electron chi connectivity index (χ2n) is 6.88. The van der Waals surface area contributed by atoms with Gasteiger partial charge in [-0.1, -0.05) is 6.92 Å². The van der Waals surface area contributed by atoms with E-state index in [4.69, 9.17) is 4.42 Å². The minimum absolute atomic E-state index is 0.0785. The van der Waals surface area contributed by atoms with Crippen LogP contribution < -0.4 is 5.43 Å². The second-order valence-corrected chi connectivity index (χ2v) is 6.88. The third-order valence-corrected chi connectivity index (χ3v) is 4.88. The molecule has 0 spiro atoms. The Labute approximate surface area is 134 Å². The number of amides is 2. The quantitative estimate of drug-likeness (QED) is 0.904. The van der Waals surface area contributed by atoms with Crippen LogP contribution in [0.2, 0.25) is 0 Å². The summed E-state index contributed by atoms with van der Waals surface area (Å²) in [5, 5.41) is 3.93. The van der Waals surface area contributed by atoms with Gasteiger partial charge in [-0.25, -0.2) is 5.43 Å². The topological polar surface area (TPSA) is 74.9 Å². The Morgan fingerprint density at radius 2 is 2.17 bits per heavy atom. The van der Waals surface area contributed by atoms with Crippen LogP contribution in [0.1, 0.15) is 56.5 Å². The SMILES string of the molecule is C[C@@H]1C[C@@H]1c1ccc(CN(C(=O)C2=NNC(=O)CC2)C2CC2)o1. The first-order chi connectivity index (χ1) is 11.1. The molecular formula is C17H21N3O3. The zero-order chi connectivity index (χ0) is 16.0. The first kappa shape index (κ1) is 14.5. The number of carbonyl (C=O) groups excluding carboxylic acids is 2. The van der Waals surface area contributed by atoms with Gasteiger partial charge in [0.15, 0.2) is 0 Å². The molecule has 2 saturated carbocycles. The largest absolute Gasteiger partial charge is 0.464 e. The Kier molecular flexibility index (Phi) is 3.47. The first-order valence-electron chi connectivity index (χ1n) is 8.37. The molecular weight excluding hydrogens is 294 g/mol. The summed E-state index contributed by atoms with van der Waals surface area (Å²) >= 11 is 0. The maximum atomic E-state index is 12.7. The number of nitrogens with one attached hydrogen (secondary N) is 1. The highest BCUT2D eigenvalue weighted by atomic mass is 16.3. The molecule has 3 aliphatic rings. The Hall–Kier alpha value is -2.11. The first-order valence-corrected chi connectivity index (χ1v) is 8.37. The van der Waals surface area contributed by atoms with Crippen LogP contribution in [0.15, 0.2) is 21.7 Å². The van der Waals surface area contributed by atoms with Crippen molar-refractivity contribution in [2.45, 2.75) is 57.5 Å². The fraction of sp³-hybridized carbons (Fsp3) is 0.588. The van der Waals surface area contributed by atoms with Crippen LogP contribution in [-0.4, -0.2) is 28.5 Å². The van der Waals surface area contributed by atoms with E-state index in [-0.39, 0.29) is 17.9 Å². The molecule has 4 rings (SSSR count). The molecule has 0 aromatic carbocycles. The summed E-state index contributed by atoms with van der Waals surface area (Å²) in [6, 6.07) is 4.29. The summed E-state index contributed by atoms with van der Waals surface area (Å²) in [5.41, 5.74) is 2.84. The summed E-state index contributed by atoms with van der Waals surface area (Å²) in [4.78, 5) is 25.7. The lowest BCUT2D eigenvalue weighted by atomic mass is 10.1.